The minimum absolute atomic E-state index is 0.122. The van der Waals surface area contributed by atoms with E-state index >= 15 is 0 Å². The molecule has 3 aromatic heterocycles. The molecule has 0 saturated heterocycles. The van der Waals surface area contributed by atoms with E-state index in [2.05, 4.69) is 19.8 Å². The number of rotatable bonds is 7. The number of pyridine rings is 2. The summed E-state index contributed by atoms with van der Waals surface area (Å²) in [4.78, 5) is 21.2. The molecule has 0 atom stereocenters. The molecule has 0 spiro atoms. The molecular weight excluding hydrogens is 485 g/mol. The molecule has 1 aromatic carbocycles. The Bertz CT molecular complexity index is 1580. The highest BCUT2D eigenvalue weighted by Crippen LogP contribution is 2.33. The number of benzene rings is 1. The number of aryl methyl sites for hydroxylation is 2. The van der Waals surface area contributed by atoms with Crippen molar-refractivity contribution >= 4 is 27.0 Å². The zero-order chi connectivity index (χ0) is 26.2. The number of hydrogen-bond donors (Lipinski definition) is 1. The summed E-state index contributed by atoms with van der Waals surface area (Å²) in [6, 6.07) is 7.44. The van der Waals surface area contributed by atoms with E-state index in [0.717, 1.165) is 0 Å². The molecule has 11 heteroatoms. The summed E-state index contributed by atoms with van der Waals surface area (Å²) in [6.45, 7) is 5.50. The van der Waals surface area contributed by atoms with Crippen molar-refractivity contribution < 1.29 is 22.3 Å². The van der Waals surface area contributed by atoms with Crippen LogP contribution in [0.1, 0.15) is 36.6 Å². The van der Waals surface area contributed by atoms with Crippen LogP contribution in [0.3, 0.4) is 0 Å². The van der Waals surface area contributed by atoms with Gasteiger partial charge in [-0.3, -0.25) is 9.48 Å². The zero-order valence-corrected chi connectivity index (χ0v) is 21.4. The van der Waals surface area contributed by atoms with E-state index in [1.807, 2.05) is 13.8 Å². The number of carbonyl (C=O) groups is 1. The van der Waals surface area contributed by atoms with E-state index in [-0.39, 0.29) is 17.2 Å². The second-order valence-corrected chi connectivity index (χ2v) is 10.4. The first-order valence-electron chi connectivity index (χ1n) is 11.2. The lowest BCUT2D eigenvalue weighted by atomic mass is 9.88. The van der Waals surface area contributed by atoms with Crippen molar-refractivity contribution in [3.8, 4) is 17.0 Å². The van der Waals surface area contributed by atoms with E-state index < -0.39 is 21.7 Å². The van der Waals surface area contributed by atoms with Gasteiger partial charge in [0.25, 0.3) is 10.0 Å². The lowest BCUT2D eigenvalue weighted by molar-refractivity contribution is -0.118. The average molecular weight is 512 g/mol. The number of halogens is 1. The second kappa shape index (κ2) is 9.65. The lowest BCUT2D eigenvalue weighted by Gasteiger charge is -2.18. The number of amides is 1. The van der Waals surface area contributed by atoms with E-state index in [0.29, 0.717) is 44.9 Å². The number of ether oxygens (including phenoxy) is 1. The van der Waals surface area contributed by atoms with Crippen LogP contribution in [0.15, 0.2) is 47.6 Å². The van der Waals surface area contributed by atoms with Crippen LogP contribution in [-0.4, -0.2) is 41.2 Å². The smallest absolute Gasteiger partial charge is 0.265 e. The summed E-state index contributed by atoms with van der Waals surface area (Å²) >= 11 is 0. The molecule has 0 aliphatic rings. The minimum atomic E-state index is -4.21. The van der Waals surface area contributed by atoms with Gasteiger partial charge >= 0.3 is 0 Å². The number of nitrogens with zero attached hydrogens (tertiary/aromatic N) is 4. The van der Waals surface area contributed by atoms with Crippen LogP contribution in [-0.2, 0) is 28.3 Å². The maximum atomic E-state index is 14.6. The van der Waals surface area contributed by atoms with Gasteiger partial charge in [0.05, 0.1) is 19.2 Å². The average Bonchev–Trinajstić information content (AvgIpc) is 3.12. The summed E-state index contributed by atoms with van der Waals surface area (Å²) < 4.78 is 49.5. The quantitative estimate of drug-likeness (QED) is 0.403. The largest absolute Gasteiger partial charge is 0.481 e. The van der Waals surface area contributed by atoms with Gasteiger partial charge in [0.15, 0.2) is 5.65 Å². The molecule has 188 valence electrons. The number of sulfonamides is 1. The zero-order valence-electron chi connectivity index (χ0n) is 20.5. The molecule has 0 fully saturated rings. The van der Waals surface area contributed by atoms with Gasteiger partial charge in [-0.1, -0.05) is 13.8 Å². The van der Waals surface area contributed by atoms with Gasteiger partial charge in [0.1, 0.15) is 10.7 Å². The Morgan fingerprint density at radius 3 is 2.64 bits per heavy atom. The highest BCUT2D eigenvalue weighted by molar-refractivity contribution is 7.90. The highest BCUT2D eigenvalue weighted by Gasteiger charge is 2.23. The molecule has 4 aromatic rings. The predicted molar refractivity (Wildman–Crippen MR) is 133 cm³/mol. The Morgan fingerprint density at radius 2 is 1.94 bits per heavy atom. The number of fused-ring (bicyclic) bond motifs is 1. The molecule has 0 aliphatic carbocycles. The Balaban J connectivity index is 1.70. The van der Waals surface area contributed by atoms with Crippen molar-refractivity contribution in [2.75, 3.05) is 7.11 Å². The molecule has 4 rings (SSSR count). The van der Waals surface area contributed by atoms with Crippen LogP contribution in [0.4, 0.5) is 4.39 Å². The normalized spacial score (nSPS) is 11.8. The van der Waals surface area contributed by atoms with E-state index in [1.54, 1.807) is 30.8 Å². The van der Waals surface area contributed by atoms with Crippen molar-refractivity contribution in [1.29, 1.82) is 0 Å². The number of nitrogens with one attached hydrogen (secondary N) is 1. The highest BCUT2D eigenvalue weighted by atomic mass is 32.2. The molecule has 3 heterocycles. The summed E-state index contributed by atoms with van der Waals surface area (Å²) in [5.41, 5.74) is 3.32. The molecular formula is C25H26FN5O4S. The number of aromatic nitrogens is 4. The van der Waals surface area contributed by atoms with E-state index in [9.17, 15) is 17.6 Å². The van der Waals surface area contributed by atoms with Crippen molar-refractivity contribution in [3.05, 3.63) is 65.4 Å². The van der Waals surface area contributed by atoms with Crippen LogP contribution in [0.5, 0.6) is 5.88 Å². The van der Waals surface area contributed by atoms with Crippen molar-refractivity contribution in [2.24, 2.45) is 7.05 Å². The lowest BCUT2D eigenvalue weighted by Crippen LogP contribution is -2.32. The summed E-state index contributed by atoms with van der Waals surface area (Å²) in [5.74, 6) is -1.02. The number of carbonyl (C=O) groups excluding carboxylic acids is 1. The monoisotopic (exact) mass is 511 g/mol. The van der Waals surface area contributed by atoms with Gasteiger partial charge in [-0.05, 0) is 59.4 Å². The van der Waals surface area contributed by atoms with Gasteiger partial charge < -0.3 is 4.74 Å². The fraction of sp³-hybridized carbons (Fsp3) is 0.280. The Morgan fingerprint density at radius 1 is 1.19 bits per heavy atom. The van der Waals surface area contributed by atoms with Crippen LogP contribution >= 0.6 is 0 Å². The Kier molecular flexibility index (Phi) is 6.77. The van der Waals surface area contributed by atoms with Crippen LogP contribution in [0.2, 0.25) is 0 Å². The van der Waals surface area contributed by atoms with Gasteiger partial charge in [-0.2, -0.15) is 5.10 Å². The Labute approximate surface area is 208 Å². The van der Waals surface area contributed by atoms with Gasteiger partial charge in [-0.15, -0.1) is 0 Å². The standard InChI is InChI=1S/C25H26FN5O4S/c1-14(2)19-9-17(26)10-21(16-6-7-27-24(8-16)35-5)22(19)12-23(32)30-36(33,34)18-11-20-15(3)29-31(4)25(20)28-13-18/h6-11,13-14H,12H2,1-5H3,(H,30,32). The third-order valence-electron chi connectivity index (χ3n) is 5.86. The minimum Gasteiger partial charge on any atom is -0.481 e. The topological polar surface area (TPSA) is 116 Å². The van der Waals surface area contributed by atoms with Crippen molar-refractivity contribution in [3.63, 3.8) is 0 Å². The maximum absolute atomic E-state index is 14.6. The van der Waals surface area contributed by atoms with Crippen LogP contribution in [0, 0.1) is 12.7 Å². The molecule has 0 aliphatic heterocycles. The molecule has 36 heavy (non-hydrogen) atoms. The van der Waals surface area contributed by atoms with Crippen LogP contribution < -0.4 is 9.46 Å². The molecule has 0 bridgehead atoms. The van der Waals surface area contributed by atoms with Gasteiger partial charge in [-0.25, -0.2) is 27.5 Å². The Hall–Kier alpha value is -3.86. The van der Waals surface area contributed by atoms with Gasteiger partial charge in [0.2, 0.25) is 11.8 Å². The summed E-state index contributed by atoms with van der Waals surface area (Å²) in [5, 5.41) is 4.81. The molecule has 9 nitrogen and oxygen atoms in total. The maximum Gasteiger partial charge on any atom is 0.265 e. The van der Waals surface area contributed by atoms with Crippen LogP contribution in [0.25, 0.3) is 22.2 Å². The first-order chi connectivity index (χ1) is 17.0. The summed E-state index contributed by atoms with van der Waals surface area (Å²) in [7, 11) is -1.03. The molecule has 0 unspecified atom stereocenters. The van der Waals surface area contributed by atoms with Crippen molar-refractivity contribution in [2.45, 2.75) is 38.0 Å². The predicted octanol–water partition coefficient (Wildman–Crippen LogP) is 3.66. The third kappa shape index (κ3) is 4.92. The molecule has 1 N–H and O–H groups in total. The van der Waals surface area contributed by atoms with E-state index in [4.69, 9.17) is 4.74 Å². The van der Waals surface area contributed by atoms with Gasteiger partial charge in [0, 0.05) is 30.9 Å². The summed E-state index contributed by atoms with van der Waals surface area (Å²) in [6.07, 6.45) is 2.42. The molecule has 0 saturated carbocycles. The molecule has 0 radical (unpaired) electrons. The molecule has 1 amide bonds. The number of hydrogen-bond acceptors (Lipinski definition) is 7. The first-order valence-corrected chi connectivity index (χ1v) is 12.7. The third-order valence-corrected chi connectivity index (χ3v) is 7.20. The van der Waals surface area contributed by atoms with Crippen molar-refractivity contribution in [1.82, 2.24) is 24.5 Å². The fourth-order valence-corrected chi connectivity index (χ4v) is 5.11. The second-order valence-electron chi connectivity index (χ2n) is 8.72. The number of methoxy groups -OCH3 is 1. The SMILES string of the molecule is COc1cc(-c2cc(F)cc(C(C)C)c2CC(=O)NS(=O)(=O)c2cnc3c(c2)c(C)nn3C)ccn1. The fourth-order valence-electron chi connectivity index (χ4n) is 4.16. The van der Waals surface area contributed by atoms with E-state index in [1.165, 1.54) is 37.7 Å². The first kappa shape index (κ1) is 25.2.